The van der Waals surface area contributed by atoms with Crippen molar-refractivity contribution in [1.82, 2.24) is 0 Å². The molecule has 1 unspecified atom stereocenters. The maximum atomic E-state index is 10.8. The number of hydrogen-bond acceptors (Lipinski definition) is 3. The van der Waals surface area contributed by atoms with Crippen LogP contribution in [0.4, 0.5) is 0 Å². The number of fused-ring (bicyclic) bond motifs is 5. The first kappa shape index (κ1) is 27.9. The van der Waals surface area contributed by atoms with E-state index in [1.54, 1.807) is 5.57 Å². The summed E-state index contributed by atoms with van der Waals surface area (Å²) in [7, 11) is 3.95. The first-order valence-corrected chi connectivity index (χ1v) is 17.2. The Morgan fingerprint density at radius 3 is 2.60 bits per heavy atom. The molecule has 3 fully saturated rings. The average Bonchev–Trinajstić information content (AvgIpc) is 3.15. The molecule has 0 aliphatic heterocycles. The van der Waals surface area contributed by atoms with E-state index in [4.69, 9.17) is 5.11 Å². The second-order valence-corrected chi connectivity index (χ2v) is 16.4. The molecule has 0 radical (unpaired) electrons. The topological polar surface area (TPSA) is 37.3 Å². The van der Waals surface area contributed by atoms with Gasteiger partial charge in [0, 0.05) is 17.4 Å². The fourth-order valence-corrected chi connectivity index (χ4v) is 11.9. The van der Waals surface area contributed by atoms with E-state index in [1.807, 2.05) is 21.6 Å². The van der Waals surface area contributed by atoms with Crippen LogP contribution in [-0.2, 0) is 4.79 Å². The van der Waals surface area contributed by atoms with E-state index in [0.29, 0.717) is 17.3 Å². The van der Waals surface area contributed by atoms with Crippen molar-refractivity contribution < 1.29 is 9.90 Å². The van der Waals surface area contributed by atoms with Crippen molar-refractivity contribution in [3.05, 3.63) is 11.6 Å². The molecule has 0 aromatic rings. The summed E-state index contributed by atoms with van der Waals surface area (Å²) >= 11 is 0. The molecule has 8 atom stereocenters. The number of rotatable bonds is 11. The summed E-state index contributed by atoms with van der Waals surface area (Å²) in [6.07, 6.45) is 19.3. The molecule has 3 saturated carbocycles. The zero-order chi connectivity index (χ0) is 25.2. The third kappa shape index (κ3) is 5.99. The molecule has 4 rings (SSSR count). The van der Waals surface area contributed by atoms with Crippen molar-refractivity contribution >= 4 is 27.6 Å². The Hall–Kier alpha value is -0.0900. The van der Waals surface area contributed by atoms with Gasteiger partial charge in [-0.05, 0) is 104 Å². The van der Waals surface area contributed by atoms with Gasteiger partial charge in [-0.25, -0.2) is 0 Å². The summed E-state index contributed by atoms with van der Waals surface area (Å²) in [5, 5.41) is 9.58. The van der Waals surface area contributed by atoms with Gasteiger partial charge in [-0.3, -0.25) is 4.79 Å². The number of hydrogen-bond donors (Lipinski definition) is 1. The maximum absolute atomic E-state index is 10.8. The van der Waals surface area contributed by atoms with Crippen molar-refractivity contribution in [3.63, 3.8) is 0 Å². The molecule has 0 aromatic carbocycles. The minimum atomic E-state index is -0.663. The van der Waals surface area contributed by atoms with E-state index in [0.717, 1.165) is 52.9 Å². The molecule has 200 valence electrons. The molecule has 4 heteroatoms. The lowest BCUT2D eigenvalue weighted by atomic mass is 9.47. The van der Waals surface area contributed by atoms with Gasteiger partial charge in [-0.15, -0.1) is 0 Å². The molecular formula is C31H52O2S2. The lowest BCUT2D eigenvalue weighted by molar-refractivity contribution is -0.137. The highest BCUT2D eigenvalue weighted by molar-refractivity contribution is 8.76. The second kappa shape index (κ2) is 11.7. The molecular weight excluding hydrogens is 468 g/mol. The van der Waals surface area contributed by atoms with Crippen molar-refractivity contribution in [2.45, 2.75) is 123 Å². The standard InChI is InChI=1S/C31H52O2S2/c1-21(2)8-6-9-22(3)26-13-14-27-25-12-11-23-20-24(35-34-19-7-10-29(32)33)15-17-30(23,4)28(25)16-18-31(26,27)5/h11,21-22,24-28H,6-10,12-20H2,1-5H3,(H,32,33)/t22-,24?,25+,26-,27+,28+,30+,31-/m1/s1. The molecule has 35 heavy (non-hydrogen) atoms. The van der Waals surface area contributed by atoms with Gasteiger partial charge in [0.25, 0.3) is 0 Å². The summed E-state index contributed by atoms with van der Waals surface area (Å²) in [5.74, 6) is 5.77. The van der Waals surface area contributed by atoms with Crippen LogP contribution in [0.5, 0.6) is 0 Å². The van der Waals surface area contributed by atoms with Gasteiger partial charge in [0.15, 0.2) is 0 Å². The summed E-state index contributed by atoms with van der Waals surface area (Å²) in [6.45, 7) is 12.7. The first-order chi connectivity index (χ1) is 16.6. The van der Waals surface area contributed by atoms with Crippen LogP contribution in [0, 0.1) is 46.3 Å². The molecule has 0 saturated heterocycles. The Morgan fingerprint density at radius 1 is 1.06 bits per heavy atom. The van der Waals surface area contributed by atoms with Gasteiger partial charge < -0.3 is 5.11 Å². The average molecular weight is 521 g/mol. The predicted octanol–water partition coefficient (Wildman–Crippen LogP) is 9.64. The molecule has 0 heterocycles. The lowest BCUT2D eigenvalue weighted by Crippen LogP contribution is -2.50. The van der Waals surface area contributed by atoms with E-state index >= 15 is 0 Å². The monoisotopic (exact) mass is 520 g/mol. The Morgan fingerprint density at radius 2 is 1.86 bits per heavy atom. The maximum Gasteiger partial charge on any atom is 0.303 e. The van der Waals surface area contributed by atoms with Crippen LogP contribution in [0.2, 0.25) is 0 Å². The first-order valence-electron chi connectivity index (χ1n) is 14.8. The molecule has 0 amide bonds. The number of allylic oxidation sites excluding steroid dienone is 2. The highest BCUT2D eigenvalue weighted by Crippen LogP contribution is 2.67. The second-order valence-electron chi connectivity index (χ2n) is 13.6. The minimum Gasteiger partial charge on any atom is -0.481 e. The van der Waals surface area contributed by atoms with Crippen LogP contribution in [0.3, 0.4) is 0 Å². The van der Waals surface area contributed by atoms with Crippen molar-refractivity contribution in [3.8, 4) is 0 Å². The molecule has 0 spiro atoms. The smallest absolute Gasteiger partial charge is 0.303 e. The fourth-order valence-electron chi connectivity index (χ4n) is 9.16. The highest BCUT2D eigenvalue weighted by Gasteiger charge is 2.59. The third-order valence-corrected chi connectivity index (χ3v) is 14.1. The largest absolute Gasteiger partial charge is 0.481 e. The molecule has 0 bridgehead atoms. The molecule has 1 N–H and O–H groups in total. The summed E-state index contributed by atoms with van der Waals surface area (Å²) < 4.78 is 0. The van der Waals surface area contributed by atoms with E-state index in [-0.39, 0.29) is 0 Å². The molecule has 0 aromatic heterocycles. The van der Waals surface area contributed by atoms with Crippen LogP contribution in [0.25, 0.3) is 0 Å². The summed E-state index contributed by atoms with van der Waals surface area (Å²) in [6, 6.07) is 0. The van der Waals surface area contributed by atoms with Gasteiger partial charge in [-0.2, -0.15) is 0 Å². The van der Waals surface area contributed by atoms with Crippen molar-refractivity contribution in [2.24, 2.45) is 46.3 Å². The van der Waals surface area contributed by atoms with E-state index in [1.165, 1.54) is 70.6 Å². The predicted molar refractivity (Wildman–Crippen MR) is 154 cm³/mol. The van der Waals surface area contributed by atoms with Gasteiger partial charge in [0.1, 0.15) is 0 Å². The zero-order valence-electron chi connectivity index (χ0n) is 23.2. The SMILES string of the molecule is CC(C)CCC[C@@H](C)[C@H]1CC[C@H]2[C@@H]3CC=C4CC(SSCCCC(=O)O)CC[C@]4(C)[C@H]3CC[C@]12C. The lowest BCUT2D eigenvalue weighted by Gasteiger charge is -2.58. The molecule has 2 nitrogen and oxygen atoms in total. The van der Waals surface area contributed by atoms with Crippen molar-refractivity contribution in [1.29, 1.82) is 0 Å². The van der Waals surface area contributed by atoms with Crippen LogP contribution in [-0.4, -0.2) is 22.1 Å². The van der Waals surface area contributed by atoms with E-state index in [9.17, 15) is 4.79 Å². The van der Waals surface area contributed by atoms with Crippen LogP contribution >= 0.6 is 21.6 Å². The Kier molecular flexibility index (Phi) is 9.38. The fraction of sp³-hybridized carbons (Fsp3) is 0.903. The van der Waals surface area contributed by atoms with E-state index in [2.05, 4.69) is 40.7 Å². The van der Waals surface area contributed by atoms with E-state index < -0.39 is 5.97 Å². The normalized spacial score (nSPS) is 39.5. The number of carboxylic acids is 1. The number of carbonyl (C=O) groups is 1. The van der Waals surface area contributed by atoms with Gasteiger partial charge in [0.2, 0.25) is 0 Å². The third-order valence-electron chi connectivity index (χ3n) is 11.1. The number of carboxylic acid groups (broad SMARTS) is 1. The van der Waals surface area contributed by atoms with Gasteiger partial charge in [-0.1, -0.05) is 87.1 Å². The summed E-state index contributed by atoms with van der Waals surface area (Å²) in [5.41, 5.74) is 2.81. The Labute approximate surface area is 224 Å². The molecule has 4 aliphatic carbocycles. The Balaban J connectivity index is 1.36. The van der Waals surface area contributed by atoms with Gasteiger partial charge in [0.05, 0.1) is 0 Å². The Bertz CT molecular complexity index is 763. The zero-order valence-corrected chi connectivity index (χ0v) is 24.8. The van der Waals surface area contributed by atoms with Crippen molar-refractivity contribution in [2.75, 3.05) is 5.75 Å². The minimum absolute atomic E-state index is 0.308. The van der Waals surface area contributed by atoms with Crippen LogP contribution < -0.4 is 0 Å². The van der Waals surface area contributed by atoms with Crippen LogP contribution in [0.1, 0.15) is 118 Å². The molecule has 4 aliphatic rings. The van der Waals surface area contributed by atoms with Gasteiger partial charge >= 0.3 is 5.97 Å². The summed E-state index contributed by atoms with van der Waals surface area (Å²) in [4.78, 5) is 10.8. The van der Waals surface area contributed by atoms with Crippen LogP contribution in [0.15, 0.2) is 11.6 Å². The highest BCUT2D eigenvalue weighted by atomic mass is 33.1. The quantitative estimate of drug-likeness (QED) is 0.167. The number of aliphatic carboxylic acids is 1.